The third kappa shape index (κ3) is 4.16. The van der Waals surface area contributed by atoms with Crippen molar-refractivity contribution in [2.24, 2.45) is 0 Å². The van der Waals surface area contributed by atoms with E-state index in [0.29, 0.717) is 0 Å². The maximum absolute atomic E-state index is 4.68. The molecule has 0 radical (unpaired) electrons. The van der Waals surface area contributed by atoms with E-state index in [4.69, 9.17) is 0 Å². The Labute approximate surface area is 127 Å². The van der Waals surface area contributed by atoms with Gasteiger partial charge in [-0.3, -0.25) is 0 Å². The minimum atomic E-state index is 0.887. The molecule has 0 amide bonds. The fraction of sp³-hybridized carbons (Fsp3) is 0.471. The third-order valence-corrected chi connectivity index (χ3v) is 3.70. The van der Waals surface area contributed by atoms with Crippen molar-refractivity contribution < 1.29 is 0 Å². The molecule has 1 aromatic heterocycles. The van der Waals surface area contributed by atoms with Crippen molar-refractivity contribution in [1.29, 1.82) is 0 Å². The predicted octanol–water partition coefficient (Wildman–Crippen LogP) is 2.53. The van der Waals surface area contributed by atoms with Gasteiger partial charge >= 0.3 is 0 Å². The molecule has 0 fully saturated rings. The summed E-state index contributed by atoms with van der Waals surface area (Å²) in [5.41, 5.74) is 4.76. The first-order valence-corrected chi connectivity index (χ1v) is 7.55. The summed E-state index contributed by atoms with van der Waals surface area (Å²) in [5.74, 6) is 0. The molecule has 0 unspecified atom stereocenters. The monoisotopic (exact) mass is 286 g/mol. The number of benzene rings is 1. The topological polar surface area (TPSA) is 33.1 Å². The van der Waals surface area contributed by atoms with Crippen molar-refractivity contribution >= 4 is 0 Å². The number of nitrogens with one attached hydrogen (secondary N) is 1. The van der Waals surface area contributed by atoms with E-state index >= 15 is 0 Å². The van der Waals surface area contributed by atoms with Gasteiger partial charge in [-0.05, 0) is 59.6 Å². The van der Waals surface area contributed by atoms with Gasteiger partial charge in [0.2, 0.25) is 0 Å². The fourth-order valence-corrected chi connectivity index (χ4v) is 2.49. The zero-order valence-corrected chi connectivity index (χ0v) is 13.6. The Balaban J connectivity index is 2.00. The average Bonchev–Trinajstić information content (AvgIpc) is 2.75. The molecule has 0 saturated heterocycles. The Kier molecular flexibility index (Phi) is 5.53. The molecule has 2 aromatic rings. The lowest BCUT2D eigenvalue weighted by Gasteiger charge is -2.10. The Hall–Kier alpha value is -1.65. The van der Waals surface area contributed by atoms with Crippen molar-refractivity contribution in [3.63, 3.8) is 0 Å². The highest BCUT2D eigenvalue weighted by molar-refractivity contribution is 5.36. The maximum atomic E-state index is 4.68. The molecule has 1 N–H and O–H groups in total. The standard InChI is InChI=1S/C17H26N4/c1-14-17(13-18-11-8-12-20(3)4)15(2)21(19-14)16-9-6-5-7-10-16/h5-7,9-10,18H,8,11-13H2,1-4H3. The van der Waals surface area contributed by atoms with Crippen LogP contribution < -0.4 is 5.32 Å². The van der Waals surface area contributed by atoms with Crippen molar-refractivity contribution in [2.75, 3.05) is 27.2 Å². The van der Waals surface area contributed by atoms with Gasteiger partial charge < -0.3 is 10.2 Å². The quantitative estimate of drug-likeness (QED) is 0.794. The van der Waals surface area contributed by atoms with Crippen LogP contribution in [0.15, 0.2) is 30.3 Å². The van der Waals surface area contributed by atoms with E-state index in [1.54, 1.807) is 0 Å². The molecular formula is C17H26N4. The molecule has 0 aliphatic rings. The first kappa shape index (κ1) is 15.7. The van der Waals surface area contributed by atoms with Crippen molar-refractivity contribution in [2.45, 2.75) is 26.8 Å². The molecule has 21 heavy (non-hydrogen) atoms. The smallest absolute Gasteiger partial charge is 0.0648 e. The molecule has 2 rings (SSSR count). The van der Waals surface area contributed by atoms with Crippen LogP contribution >= 0.6 is 0 Å². The van der Waals surface area contributed by atoms with E-state index in [0.717, 1.165) is 37.4 Å². The average molecular weight is 286 g/mol. The molecule has 4 heteroatoms. The molecule has 0 atom stereocenters. The normalized spacial score (nSPS) is 11.3. The van der Waals surface area contributed by atoms with Crippen LogP contribution in [0.5, 0.6) is 0 Å². The van der Waals surface area contributed by atoms with Crippen molar-refractivity contribution in [3.05, 3.63) is 47.3 Å². The number of para-hydroxylation sites is 1. The number of hydrogen-bond donors (Lipinski definition) is 1. The molecule has 1 heterocycles. The molecule has 0 saturated carbocycles. The lowest BCUT2D eigenvalue weighted by molar-refractivity contribution is 0.394. The minimum absolute atomic E-state index is 0.887. The highest BCUT2D eigenvalue weighted by Crippen LogP contribution is 2.17. The Morgan fingerprint density at radius 2 is 1.86 bits per heavy atom. The van der Waals surface area contributed by atoms with Gasteiger partial charge in [0, 0.05) is 17.8 Å². The Morgan fingerprint density at radius 1 is 1.14 bits per heavy atom. The van der Waals surface area contributed by atoms with Gasteiger partial charge in [0.1, 0.15) is 0 Å². The van der Waals surface area contributed by atoms with Gasteiger partial charge in [0.05, 0.1) is 11.4 Å². The van der Waals surface area contributed by atoms with Gasteiger partial charge in [-0.1, -0.05) is 18.2 Å². The summed E-state index contributed by atoms with van der Waals surface area (Å²) < 4.78 is 2.03. The van der Waals surface area contributed by atoms with E-state index in [9.17, 15) is 0 Å². The molecule has 0 bridgehead atoms. The van der Waals surface area contributed by atoms with Crippen LogP contribution in [0, 0.1) is 13.8 Å². The van der Waals surface area contributed by atoms with Crippen LogP contribution in [0.25, 0.3) is 5.69 Å². The van der Waals surface area contributed by atoms with Crippen molar-refractivity contribution in [1.82, 2.24) is 20.0 Å². The molecular weight excluding hydrogens is 260 g/mol. The lowest BCUT2D eigenvalue weighted by atomic mass is 10.2. The number of nitrogens with zero attached hydrogens (tertiary/aromatic N) is 3. The van der Waals surface area contributed by atoms with E-state index < -0.39 is 0 Å². The number of aryl methyl sites for hydroxylation is 1. The van der Waals surface area contributed by atoms with Crippen molar-refractivity contribution in [3.8, 4) is 5.69 Å². The number of rotatable bonds is 7. The second kappa shape index (κ2) is 7.38. The van der Waals surface area contributed by atoms with Gasteiger partial charge in [-0.15, -0.1) is 0 Å². The van der Waals surface area contributed by atoms with E-state index in [1.165, 1.54) is 11.3 Å². The van der Waals surface area contributed by atoms with E-state index in [-0.39, 0.29) is 0 Å². The molecule has 0 spiro atoms. The first-order valence-electron chi connectivity index (χ1n) is 7.55. The minimum Gasteiger partial charge on any atom is -0.312 e. The van der Waals surface area contributed by atoms with Gasteiger partial charge in [0.15, 0.2) is 0 Å². The van der Waals surface area contributed by atoms with Crippen LogP contribution in [0.2, 0.25) is 0 Å². The van der Waals surface area contributed by atoms with Crippen LogP contribution in [-0.2, 0) is 6.54 Å². The van der Waals surface area contributed by atoms with Crippen LogP contribution in [-0.4, -0.2) is 41.9 Å². The Bertz CT molecular complexity index is 558. The first-order chi connectivity index (χ1) is 10.1. The second-order valence-corrected chi connectivity index (χ2v) is 5.73. The third-order valence-electron chi connectivity index (χ3n) is 3.70. The zero-order valence-electron chi connectivity index (χ0n) is 13.6. The molecule has 114 valence electrons. The highest BCUT2D eigenvalue weighted by atomic mass is 15.3. The summed E-state index contributed by atoms with van der Waals surface area (Å²) in [7, 11) is 4.22. The lowest BCUT2D eigenvalue weighted by Crippen LogP contribution is -2.21. The molecule has 0 aliphatic carbocycles. The van der Waals surface area contributed by atoms with Gasteiger partial charge in [-0.2, -0.15) is 5.10 Å². The largest absolute Gasteiger partial charge is 0.312 e. The second-order valence-electron chi connectivity index (χ2n) is 5.73. The van der Waals surface area contributed by atoms with Crippen LogP contribution in [0.3, 0.4) is 0 Å². The van der Waals surface area contributed by atoms with Gasteiger partial charge in [0.25, 0.3) is 0 Å². The van der Waals surface area contributed by atoms with E-state index in [2.05, 4.69) is 55.4 Å². The highest BCUT2D eigenvalue weighted by Gasteiger charge is 2.11. The summed E-state index contributed by atoms with van der Waals surface area (Å²) in [5, 5.41) is 8.20. The number of hydrogen-bond acceptors (Lipinski definition) is 3. The number of aromatic nitrogens is 2. The molecule has 4 nitrogen and oxygen atoms in total. The summed E-state index contributed by atoms with van der Waals surface area (Å²) in [6.45, 7) is 7.27. The summed E-state index contributed by atoms with van der Waals surface area (Å²) in [6.07, 6.45) is 1.16. The van der Waals surface area contributed by atoms with Crippen LogP contribution in [0.1, 0.15) is 23.4 Å². The molecule has 1 aromatic carbocycles. The van der Waals surface area contributed by atoms with Crippen LogP contribution in [0.4, 0.5) is 0 Å². The van der Waals surface area contributed by atoms with Gasteiger partial charge in [-0.25, -0.2) is 4.68 Å². The zero-order chi connectivity index (χ0) is 15.2. The molecule has 0 aliphatic heterocycles. The maximum Gasteiger partial charge on any atom is 0.0648 e. The SMILES string of the molecule is Cc1nn(-c2ccccc2)c(C)c1CNCCCN(C)C. The van der Waals surface area contributed by atoms with E-state index in [1.807, 2.05) is 22.9 Å². The Morgan fingerprint density at radius 3 is 2.52 bits per heavy atom. The fourth-order valence-electron chi connectivity index (χ4n) is 2.49. The summed E-state index contributed by atoms with van der Waals surface area (Å²) >= 11 is 0. The summed E-state index contributed by atoms with van der Waals surface area (Å²) in [6, 6.07) is 10.3. The summed E-state index contributed by atoms with van der Waals surface area (Å²) in [4.78, 5) is 2.21. The predicted molar refractivity (Wildman–Crippen MR) is 87.9 cm³/mol.